The van der Waals surface area contributed by atoms with Gasteiger partial charge in [0, 0.05) is 36.9 Å². The first kappa shape index (κ1) is 12.0. The molecule has 1 heterocycles. The highest BCUT2D eigenvalue weighted by Crippen LogP contribution is 2.23. The van der Waals surface area contributed by atoms with Gasteiger partial charge in [-0.1, -0.05) is 15.9 Å². The monoisotopic (exact) mass is 294 g/mol. The van der Waals surface area contributed by atoms with Gasteiger partial charge >= 0.3 is 0 Å². The molecular weight excluding hydrogens is 280 g/mol. The smallest absolute Gasteiger partial charge is 0.110 e. The minimum absolute atomic E-state index is 0.757. The lowest BCUT2D eigenvalue weighted by molar-refractivity contribution is 0.790. The van der Waals surface area contributed by atoms with Crippen LogP contribution in [0, 0.1) is 0 Å². The lowest BCUT2D eigenvalue weighted by Crippen LogP contribution is -2.09. The lowest BCUT2D eigenvalue weighted by atomic mass is 10.2. The third-order valence-electron chi connectivity index (χ3n) is 2.60. The average molecular weight is 295 g/mol. The SMILES string of the molecule is Cn1ccnc1CCNc1cc(Br)ccc1N. The molecule has 0 amide bonds. The van der Waals surface area contributed by atoms with Gasteiger partial charge in [0.15, 0.2) is 0 Å². The highest BCUT2D eigenvalue weighted by molar-refractivity contribution is 9.10. The van der Waals surface area contributed by atoms with Crippen molar-refractivity contribution in [3.8, 4) is 0 Å². The number of aryl methyl sites for hydroxylation is 1. The van der Waals surface area contributed by atoms with Crippen LogP contribution in [-0.4, -0.2) is 16.1 Å². The second-order valence-electron chi connectivity index (χ2n) is 3.86. The van der Waals surface area contributed by atoms with Crippen LogP contribution in [0.3, 0.4) is 0 Å². The zero-order chi connectivity index (χ0) is 12.3. The summed E-state index contributed by atoms with van der Waals surface area (Å²) in [7, 11) is 2.00. The van der Waals surface area contributed by atoms with Gasteiger partial charge in [-0.25, -0.2) is 4.98 Å². The van der Waals surface area contributed by atoms with E-state index in [0.717, 1.165) is 34.6 Å². The number of nitrogens with one attached hydrogen (secondary N) is 1. The van der Waals surface area contributed by atoms with E-state index in [1.54, 1.807) is 0 Å². The van der Waals surface area contributed by atoms with Crippen molar-refractivity contribution in [2.24, 2.45) is 7.05 Å². The van der Waals surface area contributed by atoms with Crippen molar-refractivity contribution < 1.29 is 0 Å². The van der Waals surface area contributed by atoms with Gasteiger partial charge in [0.05, 0.1) is 11.4 Å². The number of imidazole rings is 1. The Bertz CT molecular complexity index is 507. The van der Waals surface area contributed by atoms with E-state index in [9.17, 15) is 0 Å². The van der Waals surface area contributed by atoms with E-state index < -0.39 is 0 Å². The van der Waals surface area contributed by atoms with Gasteiger partial charge in [0.1, 0.15) is 5.82 Å². The summed E-state index contributed by atoms with van der Waals surface area (Å²) in [6.45, 7) is 0.811. The maximum atomic E-state index is 5.87. The lowest BCUT2D eigenvalue weighted by Gasteiger charge is -2.09. The van der Waals surface area contributed by atoms with E-state index in [2.05, 4.69) is 26.2 Å². The van der Waals surface area contributed by atoms with Crippen molar-refractivity contribution in [1.82, 2.24) is 9.55 Å². The molecule has 17 heavy (non-hydrogen) atoms. The largest absolute Gasteiger partial charge is 0.397 e. The molecule has 5 heteroatoms. The van der Waals surface area contributed by atoms with Crippen LogP contribution in [0.25, 0.3) is 0 Å². The molecule has 4 nitrogen and oxygen atoms in total. The van der Waals surface area contributed by atoms with E-state index in [-0.39, 0.29) is 0 Å². The van der Waals surface area contributed by atoms with Gasteiger partial charge in [0.25, 0.3) is 0 Å². The van der Waals surface area contributed by atoms with Crippen LogP contribution in [-0.2, 0) is 13.5 Å². The number of aromatic nitrogens is 2. The summed E-state index contributed by atoms with van der Waals surface area (Å²) in [6.07, 6.45) is 4.63. The molecule has 0 aliphatic rings. The molecule has 0 saturated carbocycles. The van der Waals surface area contributed by atoms with Gasteiger partial charge < -0.3 is 15.6 Å². The van der Waals surface area contributed by atoms with Gasteiger partial charge in [0.2, 0.25) is 0 Å². The van der Waals surface area contributed by atoms with Crippen LogP contribution in [0.5, 0.6) is 0 Å². The topological polar surface area (TPSA) is 55.9 Å². The van der Waals surface area contributed by atoms with E-state index in [1.165, 1.54) is 0 Å². The summed E-state index contributed by atoms with van der Waals surface area (Å²) in [5, 5.41) is 3.31. The fourth-order valence-corrected chi connectivity index (χ4v) is 1.99. The Balaban J connectivity index is 1.94. The van der Waals surface area contributed by atoms with E-state index in [0.29, 0.717) is 0 Å². The third-order valence-corrected chi connectivity index (χ3v) is 3.09. The number of anilines is 2. The number of hydrogen-bond acceptors (Lipinski definition) is 3. The fourth-order valence-electron chi connectivity index (χ4n) is 1.63. The Labute approximate surface area is 109 Å². The molecule has 90 valence electrons. The number of hydrogen-bond donors (Lipinski definition) is 2. The minimum atomic E-state index is 0.757. The molecule has 1 aromatic carbocycles. The average Bonchev–Trinajstić information content (AvgIpc) is 2.70. The Morgan fingerprint density at radius 2 is 2.29 bits per heavy atom. The zero-order valence-corrected chi connectivity index (χ0v) is 11.2. The summed E-state index contributed by atoms with van der Waals surface area (Å²) < 4.78 is 3.04. The Kier molecular flexibility index (Phi) is 3.68. The van der Waals surface area contributed by atoms with Crippen LogP contribution in [0.2, 0.25) is 0 Å². The molecule has 2 rings (SSSR count). The standard InChI is InChI=1S/C12H15BrN4/c1-17-7-6-16-12(17)4-5-15-11-8-9(13)2-3-10(11)14/h2-3,6-8,15H,4-5,14H2,1H3. The van der Waals surface area contributed by atoms with Gasteiger partial charge in [-0.3, -0.25) is 0 Å². The fraction of sp³-hybridized carbons (Fsp3) is 0.250. The number of nitrogens with zero attached hydrogens (tertiary/aromatic N) is 2. The summed E-state index contributed by atoms with van der Waals surface area (Å²) >= 11 is 3.43. The van der Waals surface area contributed by atoms with Crippen LogP contribution < -0.4 is 11.1 Å². The molecule has 0 unspecified atom stereocenters. The Morgan fingerprint density at radius 1 is 1.47 bits per heavy atom. The van der Waals surface area contributed by atoms with E-state index in [4.69, 9.17) is 5.73 Å². The van der Waals surface area contributed by atoms with Crippen molar-refractivity contribution in [3.05, 3.63) is 40.9 Å². The predicted molar refractivity (Wildman–Crippen MR) is 74.0 cm³/mol. The van der Waals surface area contributed by atoms with Crippen molar-refractivity contribution in [2.45, 2.75) is 6.42 Å². The number of halogens is 1. The molecule has 1 aromatic heterocycles. The highest BCUT2D eigenvalue weighted by atomic mass is 79.9. The molecule has 3 N–H and O–H groups in total. The summed E-state index contributed by atoms with van der Waals surface area (Å²) in [5.74, 6) is 1.06. The normalized spacial score (nSPS) is 10.5. The molecule has 0 saturated heterocycles. The summed E-state index contributed by atoms with van der Waals surface area (Å²) in [5.41, 5.74) is 7.58. The highest BCUT2D eigenvalue weighted by Gasteiger charge is 2.01. The molecule has 0 aliphatic heterocycles. The van der Waals surface area contributed by atoms with Crippen LogP contribution in [0.1, 0.15) is 5.82 Å². The zero-order valence-electron chi connectivity index (χ0n) is 9.65. The second kappa shape index (κ2) is 5.23. The molecule has 0 fully saturated rings. The molecule has 0 aliphatic carbocycles. The number of nitrogen functional groups attached to an aromatic ring is 1. The minimum Gasteiger partial charge on any atom is -0.397 e. The van der Waals surface area contributed by atoms with Crippen molar-refractivity contribution in [3.63, 3.8) is 0 Å². The number of benzene rings is 1. The van der Waals surface area contributed by atoms with Crippen LogP contribution in [0.15, 0.2) is 35.1 Å². The third kappa shape index (κ3) is 3.00. The van der Waals surface area contributed by atoms with E-state index in [1.807, 2.05) is 42.2 Å². The van der Waals surface area contributed by atoms with E-state index >= 15 is 0 Å². The van der Waals surface area contributed by atoms with Crippen molar-refractivity contribution in [1.29, 1.82) is 0 Å². The molecule has 2 aromatic rings. The maximum absolute atomic E-state index is 5.87. The quantitative estimate of drug-likeness (QED) is 0.852. The first-order chi connectivity index (χ1) is 8.16. The van der Waals surface area contributed by atoms with Crippen molar-refractivity contribution >= 4 is 27.3 Å². The Hall–Kier alpha value is -1.49. The Morgan fingerprint density at radius 3 is 3.00 bits per heavy atom. The maximum Gasteiger partial charge on any atom is 0.110 e. The van der Waals surface area contributed by atoms with Crippen LogP contribution in [0.4, 0.5) is 11.4 Å². The molecule has 0 spiro atoms. The summed E-state index contributed by atoms with van der Waals surface area (Å²) in [6, 6.07) is 5.79. The molecule has 0 radical (unpaired) electrons. The van der Waals surface area contributed by atoms with Crippen molar-refractivity contribution in [2.75, 3.05) is 17.6 Å². The predicted octanol–water partition coefficient (Wildman–Crippen LogP) is 2.42. The number of nitrogens with two attached hydrogens (primary N) is 1. The van der Waals surface area contributed by atoms with Gasteiger partial charge in [-0.2, -0.15) is 0 Å². The first-order valence-electron chi connectivity index (χ1n) is 5.42. The number of rotatable bonds is 4. The molecule has 0 bridgehead atoms. The molecular formula is C12H15BrN4. The van der Waals surface area contributed by atoms with Gasteiger partial charge in [-0.15, -0.1) is 0 Å². The second-order valence-corrected chi connectivity index (χ2v) is 4.78. The molecule has 0 atom stereocenters. The van der Waals surface area contributed by atoms with Crippen LogP contribution >= 0.6 is 15.9 Å². The van der Waals surface area contributed by atoms with Gasteiger partial charge in [-0.05, 0) is 18.2 Å². The summed E-state index contributed by atoms with van der Waals surface area (Å²) in [4.78, 5) is 4.27. The first-order valence-corrected chi connectivity index (χ1v) is 6.21.